The summed E-state index contributed by atoms with van der Waals surface area (Å²) in [5, 5.41) is 0. The van der Waals surface area contributed by atoms with Crippen LogP contribution in [0.25, 0.3) is 0 Å². The first-order chi connectivity index (χ1) is 13.6. The van der Waals surface area contributed by atoms with Gasteiger partial charge in [-0.1, -0.05) is 30.3 Å². The zero-order chi connectivity index (χ0) is 19.8. The Morgan fingerprint density at radius 3 is 2.18 bits per heavy atom. The van der Waals surface area contributed by atoms with E-state index in [9.17, 15) is 14.0 Å². The summed E-state index contributed by atoms with van der Waals surface area (Å²) < 4.78 is 18.6. The maximum Gasteiger partial charge on any atom is 0.306 e. The number of esters is 1. The van der Waals surface area contributed by atoms with E-state index in [-0.39, 0.29) is 30.4 Å². The number of hydrogen-bond acceptors (Lipinski definition) is 4. The minimum absolute atomic E-state index is 0.124. The van der Waals surface area contributed by atoms with Crippen LogP contribution in [0.2, 0.25) is 0 Å². The lowest BCUT2D eigenvalue weighted by Gasteiger charge is -2.18. The standard InChI is InChI=1S/C23H20FNO3/c24-20-11-9-17(10-12-20)21(26)7-4-8-22(27)28-23(18-5-2-1-3-6-18)19-13-15-25-16-14-19/h1-3,5-6,9-16,23H,4,7-8H2. The van der Waals surface area contributed by atoms with E-state index in [2.05, 4.69) is 4.98 Å². The molecule has 0 radical (unpaired) electrons. The molecule has 0 spiro atoms. The molecule has 0 aliphatic rings. The van der Waals surface area contributed by atoms with Crippen LogP contribution >= 0.6 is 0 Å². The number of ketones is 1. The monoisotopic (exact) mass is 377 g/mol. The Kier molecular flexibility index (Phi) is 6.63. The molecule has 3 rings (SSSR count). The van der Waals surface area contributed by atoms with Crippen LogP contribution in [-0.4, -0.2) is 16.7 Å². The summed E-state index contributed by atoms with van der Waals surface area (Å²) in [5.74, 6) is -0.887. The van der Waals surface area contributed by atoms with Gasteiger partial charge in [-0.3, -0.25) is 14.6 Å². The maximum absolute atomic E-state index is 12.9. The number of benzene rings is 2. The van der Waals surface area contributed by atoms with Gasteiger partial charge in [-0.15, -0.1) is 0 Å². The molecule has 1 aromatic heterocycles. The van der Waals surface area contributed by atoms with Gasteiger partial charge < -0.3 is 4.74 Å². The van der Waals surface area contributed by atoms with E-state index in [1.165, 1.54) is 24.3 Å². The number of carbonyl (C=O) groups excluding carboxylic acids is 2. The largest absolute Gasteiger partial charge is 0.453 e. The molecule has 0 bridgehead atoms. The molecule has 0 aliphatic carbocycles. The Labute approximate surface area is 163 Å². The van der Waals surface area contributed by atoms with Crippen LogP contribution in [0.3, 0.4) is 0 Å². The molecule has 2 aromatic carbocycles. The molecule has 0 saturated carbocycles. The van der Waals surface area contributed by atoms with Crippen molar-refractivity contribution in [3.63, 3.8) is 0 Å². The van der Waals surface area contributed by atoms with E-state index in [1.54, 1.807) is 12.4 Å². The van der Waals surface area contributed by atoms with Gasteiger partial charge in [0, 0.05) is 36.4 Å². The van der Waals surface area contributed by atoms with E-state index in [0.717, 1.165) is 11.1 Å². The Bertz CT molecular complexity index is 872. The van der Waals surface area contributed by atoms with Gasteiger partial charge in [0.25, 0.3) is 0 Å². The molecule has 5 heteroatoms. The number of nitrogens with zero attached hydrogens (tertiary/aromatic N) is 1. The van der Waals surface area contributed by atoms with Crippen molar-refractivity contribution in [2.45, 2.75) is 25.4 Å². The predicted octanol–water partition coefficient (Wildman–Crippen LogP) is 4.91. The highest BCUT2D eigenvalue weighted by molar-refractivity contribution is 5.96. The number of hydrogen-bond donors (Lipinski definition) is 0. The Morgan fingerprint density at radius 2 is 1.50 bits per heavy atom. The molecule has 0 fully saturated rings. The van der Waals surface area contributed by atoms with Crippen molar-refractivity contribution in [1.29, 1.82) is 0 Å². The van der Waals surface area contributed by atoms with Gasteiger partial charge in [0.05, 0.1) is 0 Å². The van der Waals surface area contributed by atoms with Crippen molar-refractivity contribution in [3.8, 4) is 0 Å². The van der Waals surface area contributed by atoms with Crippen LogP contribution in [0, 0.1) is 5.82 Å². The summed E-state index contributed by atoms with van der Waals surface area (Å²) in [4.78, 5) is 28.5. The Hall–Kier alpha value is -3.34. The third-order valence-corrected chi connectivity index (χ3v) is 4.31. The van der Waals surface area contributed by atoms with Crippen molar-refractivity contribution in [3.05, 3.63) is 102 Å². The smallest absolute Gasteiger partial charge is 0.306 e. The predicted molar refractivity (Wildman–Crippen MR) is 103 cm³/mol. The molecule has 0 aliphatic heterocycles. The Balaban J connectivity index is 1.58. The first-order valence-electron chi connectivity index (χ1n) is 9.06. The van der Waals surface area contributed by atoms with Crippen LogP contribution in [0.5, 0.6) is 0 Å². The van der Waals surface area contributed by atoms with E-state index in [1.807, 2.05) is 42.5 Å². The summed E-state index contributed by atoms with van der Waals surface area (Å²) >= 11 is 0. The number of Topliss-reactive ketones (excluding diaryl/α,β-unsaturated/α-hetero) is 1. The van der Waals surface area contributed by atoms with Gasteiger partial charge in [-0.2, -0.15) is 0 Å². The summed E-state index contributed by atoms with van der Waals surface area (Å²) in [5.41, 5.74) is 2.13. The van der Waals surface area contributed by atoms with Crippen LogP contribution < -0.4 is 0 Å². The zero-order valence-electron chi connectivity index (χ0n) is 15.3. The maximum atomic E-state index is 12.9. The van der Waals surface area contributed by atoms with E-state index in [4.69, 9.17) is 4.74 Å². The number of carbonyl (C=O) groups is 2. The molecule has 1 unspecified atom stereocenters. The summed E-state index contributed by atoms with van der Waals surface area (Å²) in [6.45, 7) is 0. The highest BCUT2D eigenvalue weighted by Gasteiger charge is 2.19. The summed E-state index contributed by atoms with van der Waals surface area (Å²) in [6.07, 6.45) is 3.48. The molecule has 1 atom stereocenters. The summed E-state index contributed by atoms with van der Waals surface area (Å²) in [6, 6.07) is 18.5. The number of ether oxygens (including phenoxy) is 1. The summed E-state index contributed by atoms with van der Waals surface area (Å²) in [7, 11) is 0. The molecule has 4 nitrogen and oxygen atoms in total. The minimum Gasteiger partial charge on any atom is -0.453 e. The van der Waals surface area contributed by atoms with E-state index in [0.29, 0.717) is 12.0 Å². The second-order valence-corrected chi connectivity index (χ2v) is 6.34. The quantitative estimate of drug-likeness (QED) is 0.414. The third kappa shape index (κ3) is 5.33. The highest BCUT2D eigenvalue weighted by Crippen LogP contribution is 2.26. The molecular formula is C23H20FNO3. The van der Waals surface area contributed by atoms with Crippen LogP contribution in [0.4, 0.5) is 4.39 Å². The molecule has 3 aromatic rings. The number of halogens is 1. The normalized spacial score (nSPS) is 11.6. The lowest BCUT2D eigenvalue weighted by Crippen LogP contribution is -2.13. The first-order valence-corrected chi connectivity index (χ1v) is 9.06. The SMILES string of the molecule is O=C(CCCC(=O)c1ccc(F)cc1)OC(c1ccccc1)c1ccncc1. The zero-order valence-corrected chi connectivity index (χ0v) is 15.3. The van der Waals surface area contributed by atoms with E-state index < -0.39 is 6.10 Å². The fourth-order valence-electron chi connectivity index (χ4n) is 2.86. The van der Waals surface area contributed by atoms with Gasteiger partial charge in [-0.25, -0.2) is 4.39 Å². The van der Waals surface area contributed by atoms with Crippen LogP contribution in [-0.2, 0) is 9.53 Å². The molecule has 142 valence electrons. The molecule has 0 saturated heterocycles. The lowest BCUT2D eigenvalue weighted by molar-refractivity contribution is -0.147. The van der Waals surface area contributed by atoms with Gasteiger partial charge in [-0.05, 0) is 48.4 Å². The molecular weight excluding hydrogens is 357 g/mol. The lowest BCUT2D eigenvalue weighted by atomic mass is 10.0. The van der Waals surface area contributed by atoms with Gasteiger partial charge in [0.2, 0.25) is 0 Å². The third-order valence-electron chi connectivity index (χ3n) is 4.31. The van der Waals surface area contributed by atoms with Gasteiger partial charge in [0.15, 0.2) is 11.9 Å². The van der Waals surface area contributed by atoms with Crippen molar-refractivity contribution in [2.75, 3.05) is 0 Å². The fourth-order valence-corrected chi connectivity index (χ4v) is 2.86. The molecule has 1 heterocycles. The second kappa shape index (κ2) is 9.55. The van der Waals surface area contributed by atoms with Crippen molar-refractivity contribution in [2.24, 2.45) is 0 Å². The van der Waals surface area contributed by atoms with Crippen molar-refractivity contribution >= 4 is 11.8 Å². The molecule has 0 amide bonds. The molecule has 0 N–H and O–H groups in total. The van der Waals surface area contributed by atoms with Crippen molar-refractivity contribution < 1.29 is 18.7 Å². The minimum atomic E-state index is -0.524. The average Bonchev–Trinajstić information content (AvgIpc) is 2.73. The van der Waals surface area contributed by atoms with Gasteiger partial charge >= 0.3 is 5.97 Å². The van der Waals surface area contributed by atoms with Gasteiger partial charge in [0.1, 0.15) is 5.82 Å². The fraction of sp³-hybridized carbons (Fsp3) is 0.174. The van der Waals surface area contributed by atoms with Crippen LogP contribution in [0.1, 0.15) is 46.9 Å². The van der Waals surface area contributed by atoms with Crippen molar-refractivity contribution in [1.82, 2.24) is 4.98 Å². The Morgan fingerprint density at radius 1 is 0.857 bits per heavy atom. The second-order valence-electron chi connectivity index (χ2n) is 6.34. The van der Waals surface area contributed by atoms with Crippen LogP contribution in [0.15, 0.2) is 79.1 Å². The number of pyridine rings is 1. The highest BCUT2D eigenvalue weighted by atomic mass is 19.1. The number of rotatable bonds is 8. The number of aromatic nitrogens is 1. The topological polar surface area (TPSA) is 56.3 Å². The molecule has 28 heavy (non-hydrogen) atoms. The first kappa shape index (κ1) is 19.4. The average molecular weight is 377 g/mol. The van der Waals surface area contributed by atoms with E-state index >= 15 is 0 Å².